The molecule has 8 unspecified atom stereocenters. The van der Waals surface area contributed by atoms with Gasteiger partial charge in [-0.3, -0.25) is 19.2 Å². The van der Waals surface area contributed by atoms with Gasteiger partial charge in [-0.1, -0.05) is 60.7 Å². The van der Waals surface area contributed by atoms with Gasteiger partial charge in [0.25, 0.3) is 0 Å². The predicted octanol–water partition coefficient (Wildman–Crippen LogP) is 3.92. The third-order valence-electron chi connectivity index (χ3n) is 12.1. The molecular formula is C48H51N7O9. The van der Waals surface area contributed by atoms with Crippen molar-refractivity contribution in [1.82, 2.24) is 21.3 Å². The van der Waals surface area contributed by atoms with Crippen LogP contribution in [0.5, 0.6) is 5.75 Å². The summed E-state index contributed by atoms with van der Waals surface area (Å²) in [5.41, 5.74) is 5.47. The third kappa shape index (κ3) is 12.1. The Morgan fingerprint density at radius 2 is 0.922 bits per heavy atom. The maximum absolute atomic E-state index is 11.1. The first kappa shape index (κ1) is 47.9. The lowest BCUT2D eigenvalue weighted by atomic mass is 9.86. The topological polar surface area (TPSA) is 278 Å². The Balaban J connectivity index is 0.000000161. The molecule has 0 bridgehead atoms. The molecule has 4 saturated heterocycles. The van der Waals surface area contributed by atoms with Gasteiger partial charge in [0.1, 0.15) is 5.75 Å². The van der Waals surface area contributed by atoms with E-state index in [1.54, 1.807) is 49.6 Å². The SMILES string of the molecule is COc1ccccc1C1CNCC1C(=O)O.N#Cc1ccc(C2CNCC2C(=O)O)cc1.N#Cc1cccc(C2CNCC2C(=O)O)c1.N#Cc1ccccc1C1CNCC1C(=O)O. The molecular weight excluding hydrogens is 819 g/mol. The summed E-state index contributed by atoms with van der Waals surface area (Å²) in [6.45, 7) is 4.66. The summed E-state index contributed by atoms with van der Waals surface area (Å²) in [6.07, 6.45) is 0. The number of para-hydroxylation sites is 1. The number of nitriles is 3. The van der Waals surface area contributed by atoms with Crippen LogP contribution in [0.15, 0.2) is 97.1 Å². The lowest BCUT2D eigenvalue weighted by Crippen LogP contribution is -2.21. The highest BCUT2D eigenvalue weighted by molar-refractivity contribution is 5.74. The first-order valence-electron chi connectivity index (χ1n) is 20.8. The van der Waals surface area contributed by atoms with Crippen molar-refractivity contribution in [2.24, 2.45) is 23.7 Å². The lowest BCUT2D eigenvalue weighted by Gasteiger charge is -2.17. The number of ether oxygens (including phenoxy) is 1. The van der Waals surface area contributed by atoms with E-state index in [-0.39, 0.29) is 35.5 Å². The van der Waals surface area contributed by atoms with Crippen LogP contribution in [0.2, 0.25) is 0 Å². The molecule has 8 N–H and O–H groups in total. The summed E-state index contributed by atoms with van der Waals surface area (Å²) >= 11 is 0. The molecule has 8 rings (SSSR count). The smallest absolute Gasteiger partial charge is 0.308 e. The number of rotatable bonds is 9. The van der Waals surface area contributed by atoms with E-state index in [2.05, 4.69) is 33.4 Å². The van der Waals surface area contributed by atoms with Gasteiger partial charge in [0.15, 0.2) is 0 Å². The average molecular weight is 870 g/mol. The van der Waals surface area contributed by atoms with Crippen molar-refractivity contribution in [3.05, 3.63) is 136 Å². The van der Waals surface area contributed by atoms with E-state index in [1.165, 1.54) is 0 Å². The Labute approximate surface area is 371 Å². The standard InChI is InChI=1S/3C12H12N2O2.C12H15NO3/c13-5-8-1-3-9(4-2-8)10-6-14-7-11(10)12(15)16;13-5-8-2-1-3-9(4-8)10-6-14-7-11(10)12(15)16;13-5-8-3-1-2-4-9(8)10-6-14-7-11(10)12(15)16;1-16-11-5-3-2-4-8(11)9-6-13-7-10(9)12(14)15/h3*1-4,10-11,14H,6-7H2,(H,15,16);2-5,9-10,13H,6-7H2,1H3,(H,14,15). The van der Waals surface area contributed by atoms with Crippen LogP contribution >= 0.6 is 0 Å². The van der Waals surface area contributed by atoms with E-state index in [1.807, 2.05) is 60.7 Å². The molecule has 4 aliphatic heterocycles. The second-order valence-electron chi connectivity index (χ2n) is 15.7. The van der Waals surface area contributed by atoms with E-state index in [0.29, 0.717) is 69.0 Å². The van der Waals surface area contributed by atoms with Crippen molar-refractivity contribution in [2.45, 2.75) is 23.7 Å². The van der Waals surface area contributed by atoms with Crippen LogP contribution in [-0.2, 0) is 19.2 Å². The summed E-state index contributed by atoms with van der Waals surface area (Å²) in [4.78, 5) is 44.2. The Morgan fingerprint density at radius 3 is 1.41 bits per heavy atom. The summed E-state index contributed by atoms with van der Waals surface area (Å²) in [5.74, 6) is -4.03. The van der Waals surface area contributed by atoms with Crippen LogP contribution < -0.4 is 26.0 Å². The fraction of sp³-hybridized carbons (Fsp3) is 0.354. The highest BCUT2D eigenvalue weighted by atomic mass is 16.5. The normalized spacial score (nSPS) is 24.0. The van der Waals surface area contributed by atoms with Crippen LogP contribution in [0, 0.1) is 57.7 Å². The molecule has 332 valence electrons. The molecule has 4 aromatic carbocycles. The molecule has 0 radical (unpaired) electrons. The van der Waals surface area contributed by atoms with Crippen LogP contribution in [0.1, 0.15) is 62.6 Å². The van der Waals surface area contributed by atoms with E-state index in [9.17, 15) is 19.2 Å². The molecule has 0 spiro atoms. The lowest BCUT2D eigenvalue weighted by molar-refractivity contribution is -0.142. The van der Waals surface area contributed by atoms with E-state index < -0.39 is 35.7 Å². The molecule has 16 heteroatoms. The van der Waals surface area contributed by atoms with Gasteiger partial charge in [0, 0.05) is 76.0 Å². The Kier molecular flexibility index (Phi) is 17.5. The number of nitrogens with zero attached hydrogens (tertiary/aromatic N) is 3. The fourth-order valence-corrected chi connectivity index (χ4v) is 8.65. The van der Waals surface area contributed by atoms with E-state index in [0.717, 1.165) is 28.0 Å². The van der Waals surface area contributed by atoms with Crippen LogP contribution in [0.3, 0.4) is 0 Å². The number of carboxylic acid groups (broad SMARTS) is 4. The molecule has 4 fully saturated rings. The predicted molar refractivity (Wildman–Crippen MR) is 233 cm³/mol. The molecule has 0 amide bonds. The van der Waals surface area contributed by atoms with Crippen LogP contribution in [-0.4, -0.2) is 104 Å². The largest absolute Gasteiger partial charge is 0.496 e. The number of carbonyl (C=O) groups is 4. The van der Waals surface area contributed by atoms with Crippen molar-refractivity contribution in [1.29, 1.82) is 15.8 Å². The van der Waals surface area contributed by atoms with Gasteiger partial charge in [0.05, 0.1) is 65.7 Å². The first-order valence-corrected chi connectivity index (χ1v) is 20.8. The number of methoxy groups -OCH3 is 1. The second kappa shape index (κ2) is 23.4. The van der Waals surface area contributed by atoms with E-state index in [4.69, 9.17) is 40.9 Å². The maximum atomic E-state index is 11.1. The Hall–Kier alpha value is -7.13. The van der Waals surface area contributed by atoms with Crippen molar-refractivity contribution in [2.75, 3.05) is 59.5 Å². The van der Waals surface area contributed by atoms with Gasteiger partial charge in [0.2, 0.25) is 0 Å². The highest BCUT2D eigenvalue weighted by Crippen LogP contribution is 2.35. The monoisotopic (exact) mass is 869 g/mol. The number of nitrogens with one attached hydrogen (secondary N) is 4. The minimum Gasteiger partial charge on any atom is -0.496 e. The van der Waals surface area contributed by atoms with Gasteiger partial charge in [-0.2, -0.15) is 15.8 Å². The average Bonchev–Trinajstić information content (AvgIpc) is 4.17. The molecule has 4 heterocycles. The summed E-state index contributed by atoms with van der Waals surface area (Å²) < 4.78 is 5.27. The van der Waals surface area contributed by atoms with Gasteiger partial charge >= 0.3 is 23.9 Å². The minimum atomic E-state index is -0.803. The molecule has 8 atom stereocenters. The molecule has 4 aromatic rings. The summed E-state index contributed by atoms with van der Waals surface area (Å²) in [6, 6.07) is 35.3. The van der Waals surface area contributed by atoms with Crippen molar-refractivity contribution >= 4 is 23.9 Å². The number of benzene rings is 4. The van der Waals surface area contributed by atoms with Gasteiger partial charge in [-0.05, 0) is 58.7 Å². The van der Waals surface area contributed by atoms with Gasteiger partial charge in [-0.15, -0.1) is 0 Å². The molecule has 16 nitrogen and oxygen atoms in total. The summed E-state index contributed by atoms with van der Waals surface area (Å²) in [5, 5.41) is 75.1. The number of aliphatic carboxylic acids is 4. The van der Waals surface area contributed by atoms with E-state index >= 15 is 0 Å². The van der Waals surface area contributed by atoms with Crippen molar-refractivity contribution < 1.29 is 44.3 Å². The minimum absolute atomic E-state index is 0.00485. The quantitative estimate of drug-likeness (QED) is 0.118. The zero-order valence-corrected chi connectivity index (χ0v) is 35.2. The molecule has 4 aliphatic rings. The Morgan fingerprint density at radius 1 is 0.484 bits per heavy atom. The van der Waals surface area contributed by atoms with Gasteiger partial charge < -0.3 is 46.4 Å². The molecule has 0 saturated carbocycles. The molecule has 0 aromatic heterocycles. The Bertz CT molecular complexity index is 2390. The highest BCUT2D eigenvalue weighted by Gasteiger charge is 2.37. The molecule has 64 heavy (non-hydrogen) atoms. The number of carboxylic acids is 4. The second-order valence-corrected chi connectivity index (χ2v) is 15.7. The third-order valence-corrected chi connectivity index (χ3v) is 12.1. The first-order chi connectivity index (χ1) is 30.9. The molecule has 0 aliphatic carbocycles. The zero-order valence-electron chi connectivity index (χ0n) is 35.2. The van der Waals surface area contributed by atoms with Crippen molar-refractivity contribution in [3.63, 3.8) is 0 Å². The van der Waals surface area contributed by atoms with Crippen LogP contribution in [0.25, 0.3) is 0 Å². The fourth-order valence-electron chi connectivity index (χ4n) is 8.65. The maximum Gasteiger partial charge on any atom is 0.308 e. The zero-order chi connectivity index (χ0) is 46.2. The van der Waals surface area contributed by atoms with Crippen LogP contribution in [0.4, 0.5) is 0 Å². The van der Waals surface area contributed by atoms with Gasteiger partial charge in [-0.25, -0.2) is 0 Å². The number of hydrogen-bond acceptors (Lipinski definition) is 12. The van der Waals surface area contributed by atoms with Crippen molar-refractivity contribution in [3.8, 4) is 24.0 Å². The number of hydrogen-bond donors (Lipinski definition) is 8. The summed E-state index contributed by atoms with van der Waals surface area (Å²) in [7, 11) is 1.61.